The molecule has 2 rings (SSSR count). The number of nitrogens with zero attached hydrogens (tertiary/aromatic N) is 1. The highest BCUT2D eigenvalue weighted by Crippen LogP contribution is 2.07. The first kappa shape index (κ1) is 39.1. The summed E-state index contributed by atoms with van der Waals surface area (Å²) in [5.41, 5.74) is 21.4. The molecular formula is C25H43N13O10. The van der Waals surface area contributed by atoms with Gasteiger partial charge in [-0.3, -0.25) is 33.8 Å². The lowest BCUT2D eigenvalue weighted by Gasteiger charge is -2.31. The molecule has 0 saturated carbocycles. The maximum absolute atomic E-state index is 13.6. The highest BCUT2D eigenvalue weighted by Gasteiger charge is 2.36. The van der Waals surface area contributed by atoms with Gasteiger partial charge in [-0.1, -0.05) is 0 Å². The van der Waals surface area contributed by atoms with Crippen LogP contribution in [0.15, 0.2) is 16.9 Å². The van der Waals surface area contributed by atoms with E-state index >= 15 is 0 Å². The van der Waals surface area contributed by atoms with Gasteiger partial charge in [-0.25, -0.2) is 4.79 Å². The quantitative estimate of drug-likeness (QED) is 0.0950. The van der Waals surface area contributed by atoms with Crippen molar-refractivity contribution >= 4 is 47.4 Å². The third kappa shape index (κ3) is 11.9. The molecule has 23 nitrogen and oxygen atoms in total. The van der Waals surface area contributed by atoms with E-state index in [-0.39, 0.29) is 31.9 Å². The Morgan fingerprint density at radius 2 is 1.62 bits per heavy atom. The summed E-state index contributed by atoms with van der Waals surface area (Å²) in [7, 11) is 0. The Morgan fingerprint density at radius 1 is 0.979 bits per heavy atom. The first-order valence-corrected chi connectivity index (χ1v) is 14.7. The fraction of sp³-hybridized carbons (Fsp3) is 0.600. The zero-order chi connectivity index (χ0) is 36.0. The molecule has 2 heterocycles. The summed E-state index contributed by atoms with van der Waals surface area (Å²) in [5, 5.41) is 48.0. The van der Waals surface area contributed by atoms with Crippen molar-refractivity contribution in [3.8, 4) is 0 Å². The number of carbonyl (C=O) groups excluding carboxylic acids is 7. The maximum atomic E-state index is 13.6. The summed E-state index contributed by atoms with van der Waals surface area (Å²) >= 11 is 0. The van der Waals surface area contributed by atoms with Gasteiger partial charge in [0.05, 0.1) is 25.4 Å². The fourth-order valence-electron chi connectivity index (χ4n) is 4.41. The van der Waals surface area contributed by atoms with Crippen molar-refractivity contribution in [2.45, 2.75) is 61.6 Å². The first-order valence-electron chi connectivity index (χ1n) is 14.7. The second kappa shape index (κ2) is 18.9. The monoisotopic (exact) mass is 685 g/mol. The lowest BCUT2D eigenvalue weighted by atomic mass is 10.0. The number of urea groups is 1. The van der Waals surface area contributed by atoms with Crippen molar-refractivity contribution in [1.82, 2.24) is 42.5 Å². The standard InChI is InChI=1S/C25H43N13O10/c26-3-1-16(41)10(27)5-17(42)33-12-6-31-23(47)18(11-2-4-30-24(28)37-11)38-20(44)13(7-32-25(29)48)34-21(45)14(8-39)36-22(46)15(9-40)35-19(12)43/h7,10-12,14-16,18,39-41H,1-6,8-9,26-27H2,(H,31,47)(H,33,42)(H,34,45)(H,35,43)(H,36,46)(H,38,44)(H3,28,30,37)(H3,29,32,48)/b13-7+/t10-,11-,12+,14+,15+,16-,18+/m1/s1. The van der Waals surface area contributed by atoms with E-state index in [0.29, 0.717) is 6.20 Å². The summed E-state index contributed by atoms with van der Waals surface area (Å²) in [6.45, 7) is -2.46. The number of primary amides is 1. The van der Waals surface area contributed by atoms with Crippen LogP contribution in [0.1, 0.15) is 19.3 Å². The molecule has 23 heteroatoms. The molecular weight excluding hydrogens is 642 g/mol. The molecule has 48 heavy (non-hydrogen) atoms. The van der Waals surface area contributed by atoms with Gasteiger partial charge in [0.25, 0.3) is 5.91 Å². The molecule has 0 aromatic carbocycles. The van der Waals surface area contributed by atoms with Crippen molar-refractivity contribution < 1.29 is 48.9 Å². The van der Waals surface area contributed by atoms with Gasteiger partial charge in [0, 0.05) is 31.8 Å². The summed E-state index contributed by atoms with van der Waals surface area (Å²) in [5.74, 6) is -6.43. The van der Waals surface area contributed by atoms with E-state index in [9.17, 15) is 48.9 Å². The molecule has 8 amide bonds. The summed E-state index contributed by atoms with van der Waals surface area (Å²) in [4.78, 5) is 94.2. The lowest BCUT2D eigenvalue weighted by Crippen LogP contribution is -2.64. The van der Waals surface area contributed by atoms with Crippen molar-refractivity contribution in [1.29, 1.82) is 0 Å². The SMILES string of the molecule is NCC[C@@H](O)[C@H](N)CC(=O)N[C@H]1CNC(=O)[C@H]([C@H]2CCN=C(N)N2)NC(=O)/C(=C\NC(N)=O)NC(=O)[C@H](CO)NC(=O)[C@H](CO)NC1=O. The minimum absolute atomic E-state index is 0.0610. The van der Waals surface area contributed by atoms with E-state index in [4.69, 9.17) is 22.9 Å². The molecule has 2 aliphatic rings. The van der Waals surface area contributed by atoms with Gasteiger partial charge in [-0.2, -0.15) is 0 Å². The molecule has 0 aromatic heterocycles. The van der Waals surface area contributed by atoms with Crippen LogP contribution in [-0.4, -0.2) is 138 Å². The summed E-state index contributed by atoms with van der Waals surface area (Å²) < 4.78 is 0. The molecule has 2 aliphatic heterocycles. The summed E-state index contributed by atoms with van der Waals surface area (Å²) in [6.07, 6.45) is -0.684. The summed E-state index contributed by atoms with van der Waals surface area (Å²) in [6, 6.07) is -9.75. The van der Waals surface area contributed by atoms with Crippen LogP contribution in [0.4, 0.5) is 4.79 Å². The molecule has 0 aromatic rings. The van der Waals surface area contributed by atoms with Gasteiger partial charge in [0.1, 0.15) is 29.9 Å². The fourth-order valence-corrected chi connectivity index (χ4v) is 4.41. The van der Waals surface area contributed by atoms with Crippen molar-refractivity contribution in [3.63, 3.8) is 0 Å². The minimum Gasteiger partial charge on any atom is -0.394 e. The highest BCUT2D eigenvalue weighted by atomic mass is 16.3. The van der Waals surface area contributed by atoms with E-state index in [1.54, 1.807) is 0 Å². The van der Waals surface area contributed by atoms with Crippen molar-refractivity contribution in [2.75, 3.05) is 32.8 Å². The van der Waals surface area contributed by atoms with Gasteiger partial charge < -0.3 is 80.8 Å². The van der Waals surface area contributed by atoms with E-state index in [0.717, 1.165) is 0 Å². The molecule has 0 unspecified atom stereocenters. The largest absolute Gasteiger partial charge is 0.394 e. The Bertz CT molecular complexity index is 1280. The van der Waals surface area contributed by atoms with Crippen LogP contribution < -0.4 is 65.5 Å². The van der Waals surface area contributed by atoms with E-state index < -0.39 is 116 Å². The maximum Gasteiger partial charge on any atom is 0.316 e. The number of carbonyl (C=O) groups is 7. The van der Waals surface area contributed by atoms with Gasteiger partial charge in [0.2, 0.25) is 29.5 Å². The first-order chi connectivity index (χ1) is 22.7. The van der Waals surface area contributed by atoms with Gasteiger partial charge in [-0.05, 0) is 19.4 Å². The topological polar surface area (TPSA) is 393 Å². The Hall–Kier alpha value is -5.10. The predicted molar refractivity (Wildman–Crippen MR) is 164 cm³/mol. The van der Waals surface area contributed by atoms with E-state index in [1.165, 1.54) is 0 Å². The number of guanidine groups is 1. The molecule has 19 N–H and O–H groups in total. The number of nitrogens with one attached hydrogen (secondary N) is 8. The smallest absolute Gasteiger partial charge is 0.316 e. The van der Waals surface area contributed by atoms with Gasteiger partial charge in [-0.15, -0.1) is 0 Å². The molecule has 0 radical (unpaired) electrons. The van der Waals surface area contributed by atoms with E-state index in [2.05, 4.69) is 42.2 Å². The number of aliphatic hydroxyl groups is 3. The lowest BCUT2D eigenvalue weighted by molar-refractivity contribution is -0.135. The number of rotatable bonds is 10. The Kier molecular flexibility index (Phi) is 15.4. The zero-order valence-corrected chi connectivity index (χ0v) is 25.7. The number of aliphatic hydroxyl groups excluding tert-OH is 3. The van der Waals surface area contributed by atoms with Crippen LogP contribution in [0.3, 0.4) is 0 Å². The molecule has 1 saturated heterocycles. The molecule has 0 aliphatic carbocycles. The average Bonchev–Trinajstić information content (AvgIpc) is 3.03. The molecule has 268 valence electrons. The average molecular weight is 686 g/mol. The number of aliphatic imine (C=N–C) groups is 1. The van der Waals surface area contributed by atoms with Crippen LogP contribution in [0.25, 0.3) is 0 Å². The molecule has 7 atom stereocenters. The van der Waals surface area contributed by atoms with Crippen LogP contribution in [-0.2, 0) is 28.8 Å². The van der Waals surface area contributed by atoms with Crippen LogP contribution >= 0.6 is 0 Å². The van der Waals surface area contributed by atoms with Crippen molar-refractivity contribution in [3.05, 3.63) is 11.9 Å². The number of hydrogen-bond donors (Lipinski definition) is 15. The van der Waals surface area contributed by atoms with Gasteiger partial charge in [0.15, 0.2) is 5.96 Å². The normalized spacial score (nSPS) is 26.7. The van der Waals surface area contributed by atoms with Gasteiger partial charge >= 0.3 is 6.03 Å². The number of hydrogen-bond acceptors (Lipinski definition) is 15. The number of amides is 8. The Balaban J connectivity index is 2.52. The second-order valence-corrected chi connectivity index (χ2v) is 10.7. The van der Waals surface area contributed by atoms with Crippen LogP contribution in [0, 0.1) is 0 Å². The molecule has 0 spiro atoms. The highest BCUT2D eigenvalue weighted by molar-refractivity contribution is 6.02. The molecule has 1 fully saturated rings. The van der Waals surface area contributed by atoms with Crippen LogP contribution in [0.2, 0.25) is 0 Å². The zero-order valence-electron chi connectivity index (χ0n) is 25.7. The van der Waals surface area contributed by atoms with Crippen LogP contribution in [0.5, 0.6) is 0 Å². The van der Waals surface area contributed by atoms with Crippen molar-refractivity contribution in [2.24, 2.45) is 27.9 Å². The van der Waals surface area contributed by atoms with E-state index in [1.807, 2.05) is 5.32 Å². The predicted octanol–water partition coefficient (Wildman–Crippen LogP) is -9.23. The second-order valence-electron chi connectivity index (χ2n) is 10.7. The third-order valence-corrected chi connectivity index (χ3v) is 7.03. The Labute approximate surface area is 273 Å². The third-order valence-electron chi connectivity index (χ3n) is 7.03. The number of nitrogens with two attached hydrogens (primary N) is 4. The minimum atomic E-state index is -1.77. The molecule has 0 bridgehead atoms. The Morgan fingerprint density at radius 3 is 2.23 bits per heavy atom.